The number of hydrogen-bond donors (Lipinski definition) is 3. The summed E-state index contributed by atoms with van der Waals surface area (Å²) in [5, 5.41) is 13.0. The largest absolute Gasteiger partial charge is 0.462 e. The lowest BCUT2D eigenvalue weighted by Gasteiger charge is -2.32. The van der Waals surface area contributed by atoms with Crippen molar-refractivity contribution in [2.75, 3.05) is 12.3 Å². The number of hydrogen-bond acceptors (Lipinski definition) is 11. The number of anilines is 1. The number of halogens is 3. The Bertz CT molecular complexity index is 1380. The molecular weight excluding hydrogens is 560 g/mol. The van der Waals surface area contributed by atoms with E-state index in [1.165, 1.54) is 19.1 Å². The van der Waals surface area contributed by atoms with Crippen molar-refractivity contribution in [1.29, 1.82) is 0 Å². The van der Waals surface area contributed by atoms with Crippen LogP contribution in [0.5, 0.6) is 5.75 Å². The Morgan fingerprint density at radius 1 is 1.25 bits per heavy atom. The van der Waals surface area contributed by atoms with Gasteiger partial charge in [-0.1, -0.05) is 18.2 Å². The topological polar surface area (TPSA) is 173 Å². The third-order valence-corrected chi connectivity index (χ3v) is 7.56. The van der Waals surface area contributed by atoms with Gasteiger partial charge >= 0.3 is 13.7 Å². The molecule has 3 aromatic rings. The standard InChI is InChI=1S/C23H28F3N6O7P/c1-12(2)37-21(34)13(3)31-40(35,39-14-7-5-4-6-8-14)36-9-23(22(25)26)17(33)15(24)20(38-23)32-11-30-16-18(27)28-10-29-19(16)32/h4-8,10-13,15,17,20,22,33H,9H2,1-3H3,(H,31,35)(H2,27,28,29)/t13-,15-,17-,20+,23+,40?/m0/s1. The molecule has 2 aromatic heterocycles. The minimum atomic E-state index is -4.66. The van der Waals surface area contributed by atoms with Gasteiger partial charge in [0.15, 0.2) is 29.5 Å². The Morgan fingerprint density at radius 3 is 2.60 bits per heavy atom. The molecule has 3 heterocycles. The van der Waals surface area contributed by atoms with Crippen molar-refractivity contribution in [1.82, 2.24) is 24.6 Å². The first kappa shape index (κ1) is 29.7. The number of esters is 1. The minimum Gasteiger partial charge on any atom is -0.462 e. The number of imidazole rings is 1. The molecule has 1 aliphatic heterocycles. The molecule has 1 aliphatic rings. The van der Waals surface area contributed by atoms with Crippen LogP contribution in [0.4, 0.5) is 19.0 Å². The molecule has 1 unspecified atom stereocenters. The van der Waals surface area contributed by atoms with Gasteiger partial charge in [0.25, 0.3) is 6.43 Å². The lowest BCUT2D eigenvalue weighted by molar-refractivity contribution is -0.191. The minimum absolute atomic E-state index is 0.00477. The van der Waals surface area contributed by atoms with Gasteiger partial charge in [-0.05, 0) is 32.9 Å². The molecule has 6 atom stereocenters. The first-order valence-electron chi connectivity index (χ1n) is 12.1. The molecular formula is C23H28F3N6O7P. The number of aliphatic hydroxyl groups is 1. The Kier molecular flexibility index (Phi) is 8.66. The zero-order valence-electron chi connectivity index (χ0n) is 21.6. The number of nitrogens with zero attached hydrogens (tertiary/aromatic N) is 4. The highest BCUT2D eigenvalue weighted by atomic mass is 31.2. The molecule has 4 N–H and O–H groups in total. The van der Waals surface area contributed by atoms with Crippen molar-refractivity contribution in [3.8, 4) is 5.75 Å². The maximum atomic E-state index is 15.4. The SMILES string of the molecule is CC(C)OC(=O)[C@H](C)NP(=O)(OC[C@@]1(C(F)F)O[C@@H](n2cnc3c(N)ncnc32)[C@@H](F)[C@@H]1O)Oc1ccccc1. The molecule has 40 heavy (non-hydrogen) atoms. The Labute approximate surface area is 226 Å². The van der Waals surface area contributed by atoms with Gasteiger partial charge in [-0.3, -0.25) is 13.9 Å². The monoisotopic (exact) mass is 588 g/mol. The van der Waals surface area contributed by atoms with Crippen LogP contribution in [0.3, 0.4) is 0 Å². The fraction of sp³-hybridized carbons (Fsp3) is 0.478. The third kappa shape index (κ3) is 5.90. The molecule has 0 spiro atoms. The van der Waals surface area contributed by atoms with Gasteiger partial charge in [0, 0.05) is 0 Å². The fourth-order valence-electron chi connectivity index (χ4n) is 3.93. The van der Waals surface area contributed by atoms with Crippen LogP contribution in [0.15, 0.2) is 43.0 Å². The van der Waals surface area contributed by atoms with E-state index < -0.39 is 63.0 Å². The van der Waals surface area contributed by atoms with Crippen molar-refractivity contribution < 1.29 is 46.2 Å². The Balaban J connectivity index is 1.62. The highest BCUT2D eigenvalue weighted by molar-refractivity contribution is 7.52. The van der Waals surface area contributed by atoms with Crippen LogP contribution in [0.25, 0.3) is 11.2 Å². The summed E-state index contributed by atoms with van der Waals surface area (Å²) >= 11 is 0. The van der Waals surface area contributed by atoms with Gasteiger partial charge in [0.2, 0.25) is 0 Å². The summed E-state index contributed by atoms with van der Waals surface area (Å²) in [7, 11) is -4.66. The first-order valence-corrected chi connectivity index (χ1v) is 13.6. The highest BCUT2D eigenvalue weighted by Crippen LogP contribution is 2.50. The molecule has 0 radical (unpaired) electrons. The van der Waals surface area contributed by atoms with Crippen LogP contribution >= 0.6 is 7.75 Å². The second-order valence-electron chi connectivity index (χ2n) is 9.25. The number of para-hydroxylation sites is 1. The lowest BCUT2D eigenvalue weighted by atomic mass is 9.97. The van der Waals surface area contributed by atoms with E-state index in [0.717, 1.165) is 17.2 Å². The summed E-state index contributed by atoms with van der Waals surface area (Å²) in [4.78, 5) is 24.0. The normalized spacial score (nSPS) is 25.3. The number of alkyl halides is 3. The summed E-state index contributed by atoms with van der Waals surface area (Å²) in [5.74, 6) is -0.866. The maximum absolute atomic E-state index is 15.4. The second kappa shape index (κ2) is 11.7. The number of aliphatic hydroxyl groups excluding tert-OH is 1. The summed E-state index contributed by atoms with van der Waals surface area (Å²) in [6.45, 7) is 3.18. The summed E-state index contributed by atoms with van der Waals surface area (Å²) in [6.07, 6.45) is -8.64. The fourth-order valence-corrected chi connectivity index (χ4v) is 5.47. The van der Waals surface area contributed by atoms with E-state index in [2.05, 4.69) is 20.0 Å². The Morgan fingerprint density at radius 2 is 1.95 bits per heavy atom. The molecule has 1 fully saturated rings. The predicted molar refractivity (Wildman–Crippen MR) is 134 cm³/mol. The molecule has 0 bridgehead atoms. The third-order valence-electron chi connectivity index (χ3n) is 5.93. The number of aromatic nitrogens is 4. The van der Waals surface area contributed by atoms with Crippen LogP contribution in [0.1, 0.15) is 27.0 Å². The highest BCUT2D eigenvalue weighted by Gasteiger charge is 2.62. The van der Waals surface area contributed by atoms with E-state index in [1.54, 1.807) is 32.0 Å². The van der Waals surface area contributed by atoms with E-state index in [-0.39, 0.29) is 22.7 Å². The molecule has 0 saturated carbocycles. The van der Waals surface area contributed by atoms with Crippen LogP contribution in [0, 0.1) is 0 Å². The first-order chi connectivity index (χ1) is 18.9. The van der Waals surface area contributed by atoms with Crippen LogP contribution in [-0.2, 0) is 23.4 Å². The van der Waals surface area contributed by atoms with Gasteiger partial charge in [0.1, 0.15) is 29.7 Å². The van der Waals surface area contributed by atoms with E-state index in [4.69, 9.17) is 24.3 Å². The Hall–Kier alpha value is -3.30. The van der Waals surface area contributed by atoms with Crippen molar-refractivity contribution in [3.05, 3.63) is 43.0 Å². The number of carbonyl (C=O) groups is 1. The van der Waals surface area contributed by atoms with Gasteiger partial charge in [-0.15, -0.1) is 0 Å². The quantitative estimate of drug-likeness (QED) is 0.221. The van der Waals surface area contributed by atoms with Crippen LogP contribution in [-0.4, -0.2) is 73.6 Å². The number of fused-ring (bicyclic) bond motifs is 1. The van der Waals surface area contributed by atoms with Gasteiger partial charge in [0.05, 0.1) is 19.0 Å². The molecule has 0 amide bonds. The predicted octanol–water partition coefficient (Wildman–Crippen LogP) is 2.77. The summed E-state index contributed by atoms with van der Waals surface area (Å²) < 4.78 is 80.4. The van der Waals surface area contributed by atoms with Crippen LogP contribution < -0.4 is 15.3 Å². The van der Waals surface area contributed by atoms with Crippen molar-refractivity contribution in [3.63, 3.8) is 0 Å². The summed E-state index contributed by atoms with van der Waals surface area (Å²) in [5.41, 5.74) is 2.76. The molecule has 4 rings (SSSR count). The number of rotatable bonds is 11. The molecule has 0 aliphatic carbocycles. The van der Waals surface area contributed by atoms with E-state index in [1.807, 2.05) is 0 Å². The number of benzene rings is 1. The average Bonchev–Trinajstić information content (AvgIpc) is 3.43. The molecule has 17 heteroatoms. The lowest BCUT2D eigenvalue weighted by Crippen LogP contribution is -2.52. The molecule has 218 valence electrons. The smallest absolute Gasteiger partial charge is 0.459 e. The molecule has 13 nitrogen and oxygen atoms in total. The number of carbonyl (C=O) groups excluding carboxylic acids is 1. The van der Waals surface area contributed by atoms with E-state index in [0.29, 0.717) is 0 Å². The maximum Gasteiger partial charge on any atom is 0.459 e. The summed E-state index contributed by atoms with van der Waals surface area (Å²) in [6, 6.07) is 6.27. The molecule has 1 saturated heterocycles. The molecule has 1 aromatic carbocycles. The van der Waals surface area contributed by atoms with Crippen molar-refractivity contribution in [2.24, 2.45) is 0 Å². The number of ether oxygens (including phenoxy) is 2. The van der Waals surface area contributed by atoms with Crippen molar-refractivity contribution >= 4 is 30.7 Å². The van der Waals surface area contributed by atoms with Gasteiger partial charge in [-0.2, -0.15) is 5.09 Å². The number of nitrogens with two attached hydrogens (primary N) is 1. The van der Waals surface area contributed by atoms with Gasteiger partial charge < -0.3 is 24.8 Å². The average molecular weight is 588 g/mol. The van der Waals surface area contributed by atoms with Crippen molar-refractivity contribution in [2.45, 2.75) is 63.4 Å². The number of nitrogen functional groups attached to an aromatic ring is 1. The number of nitrogens with one attached hydrogen (secondary N) is 1. The van der Waals surface area contributed by atoms with Crippen LogP contribution in [0.2, 0.25) is 0 Å². The van der Waals surface area contributed by atoms with E-state index in [9.17, 15) is 23.2 Å². The van der Waals surface area contributed by atoms with Gasteiger partial charge in [-0.25, -0.2) is 32.7 Å². The zero-order chi connectivity index (χ0) is 29.2. The second-order valence-corrected chi connectivity index (χ2v) is 10.9. The zero-order valence-corrected chi connectivity index (χ0v) is 22.5. The van der Waals surface area contributed by atoms with E-state index >= 15 is 4.39 Å².